The molecule has 2 nitrogen and oxygen atoms in total. The van der Waals surface area contributed by atoms with Gasteiger partial charge in [0.2, 0.25) is 0 Å². The summed E-state index contributed by atoms with van der Waals surface area (Å²) >= 11 is 50.3. The lowest BCUT2D eigenvalue weighted by Crippen LogP contribution is -1.97. The SMILES string of the molecule is Brc1c(Br)c(Br)c(Oc2c(Br)c(Br)c(Oc3c(Br)c(Br)c(Br)c(Br)c3Br)c(Br)c2Br)c(Br)c1Br. The van der Waals surface area contributed by atoms with Crippen LogP contribution in [0.15, 0.2) is 62.6 Å². The van der Waals surface area contributed by atoms with Crippen LogP contribution in [0.1, 0.15) is 0 Å². The second-order valence-corrected chi connectivity index (χ2v) is 17.0. The largest absolute Gasteiger partial charge is 0.452 e. The average molecular weight is 1370 g/mol. The van der Waals surface area contributed by atoms with Crippen LogP contribution >= 0.6 is 223 Å². The third-order valence-electron chi connectivity index (χ3n) is 3.93. The van der Waals surface area contributed by atoms with E-state index >= 15 is 0 Å². The fraction of sp³-hybridized carbons (Fsp3) is 0. The zero-order chi connectivity index (χ0) is 25.8. The topological polar surface area (TPSA) is 18.5 Å². The molecule has 3 aromatic carbocycles. The van der Waals surface area contributed by atoms with Gasteiger partial charge >= 0.3 is 0 Å². The number of rotatable bonds is 4. The van der Waals surface area contributed by atoms with E-state index in [-0.39, 0.29) is 0 Å². The summed E-state index contributed by atoms with van der Waals surface area (Å²) in [6.45, 7) is 0. The minimum absolute atomic E-state index is 0.518. The molecular formula is C18Br14O2. The third kappa shape index (κ3) is 6.24. The van der Waals surface area contributed by atoms with Gasteiger partial charge in [-0.25, -0.2) is 0 Å². The van der Waals surface area contributed by atoms with Crippen molar-refractivity contribution in [1.29, 1.82) is 0 Å². The van der Waals surface area contributed by atoms with Gasteiger partial charge in [0.15, 0.2) is 23.0 Å². The maximum atomic E-state index is 6.36. The summed E-state index contributed by atoms with van der Waals surface area (Å²) in [5.74, 6) is 2.15. The zero-order valence-corrected chi connectivity index (χ0v) is 37.3. The Morgan fingerprint density at radius 2 is 0.324 bits per heavy atom. The molecule has 34 heavy (non-hydrogen) atoms. The van der Waals surface area contributed by atoms with Gasteiger partial charge in [-0.1, -0.05) is 0 Å². The summed E-state index contributed by atoms with van der Waals surface area (Å²) in [4.78, 5) is 0. The summed E-state index contributed by atoms with van der Waals surface area (Å²) in [5.41, 5.74) is 0. The van der Waals surface area contributed by atoms with Gasteiger partial charge < -0.3 is 9.47 Å². The first kappa shape index (κ1) is 32.5. The Labute approximate surface area is 312 Å². The predicted octanol–water partition coefficient (Wildman–Crippen LogP) is 15.9. The van der Waals surface area contributed by atoms with Crippen molar-refractivity contribution in [3.05, 3.63) is 62.6 Å². The molecule has 0 bridgehead atoms. The fourth-order valence-electron chi connectivity index (χ4n) is 2.32. The molecular weight excluding hydrogens is 1370 g/mol. The minimum atomic E-state index is 0.518. The van der Waals surface area contributed by atoms with E-state index in [0.29, 0.717) is 40.9 Å². The first-order chi connectivity index (χ1) is 15.7. The van der Waals surface area contributed by atoms with E-state index in [0.717, 1.165) is 44.7 Å². The first-order valence-electron chi connectivity index (χ1n) is 7.96. The van der Waals surface area contributed by atoms with E-state index in [4.69, 9.17) is 9.47 Å². The molecule has 0 fully saturated rings. The standard InChI is InChI=1S/C18Br14O2/c19-1-3(21)7(25)15(8(26)4(1)22)33-17-11(29)13(31)18(14(32)12(17)30)34-16-9(27)5(23)2(20)6(24)10(16)28. The molecule has 0 saturated heterocycles. The van der Waals surface area contributed by atoms with Gasteiger partial charge in [0.1, 0.15) is 0 Å². The first-order valence-corrected chi connectivity index (χ1v) is 19.1. The average Bonchev–Trinajstić information content (AvgIpc) is 2.81. The predicted molar refractivity (Wildman–Crippen MR) is 187 cm³/mol. The van der Waals surface area contributed by atoms with Crippen molar-refractivity contribution in [1.82, 2.24) is 0 Å². The molecule has 0 aromatic heterocycles. The Bertz CT molecular complexity index is 1160. The van der Waals surface area contributed by atoms with Crippen LogP contribution in [0.5, 0.6) is 23.0 Å². The van der Waals surface area contributed by atoms with E-state index in [1.165, 1.54) is 0 Å². The van der Waals surface area contributed by atoms with Gasteiger partial charge in [0.05, 0.1) is 53.7 Å². The van der Waals surface area contributed by atoms with Crippen LogP contribution in [0.4, 0.5) is 0 Å². The molecule has 0 amide bonds. The van der Waals surface area contributed by atoms with Crippen molar-refractivity contribution < 1.29 is 9.47 Å². The van der Waals surface area contributed by atoms with Gasteiger partial charge in [-0.3, -0.25) is 0 Å². The third-order valence-corrected chi connectivity index (χ3v) is 20.1. The van der Waals surface area contributed by atoms with Crippen LogP contribution in [0, 0.1) is 0 Å². The Kier molecular flexibility index (Phi) is 12.7. The lowest BCUT2D eigenvalue weighted by Gasteiger charge is -2.21. The quantitative estimate of drug-likeness (QED) is 0.191. The van der Waals surface area contributed by atoms with E-state index in [2.05, 4.69) is 223 Å². The van der Waals surface area contributed by atoms with E-state index < -0.39 is 0 Å². The van der Waals surface area contributed by atoms with Crippen LogP contribution in [0.25, 0.3) is 0 Å². The van der Waals surface area contributed by atoms with E-state index in [9.17, 15) is 0 Å². The highest BCUT2D eigenvalue weighted by Gasteiger charge is 2.28. The number of hydrogen-bond donors (Lipinski definition) is 0. The van der Waals surface area contributed by atoms with Crippen LogP contribution < -0.4 is 9.47 Å². The Morgan fingerprint density at radius 3 is 0.500 bits per heavy atom. The molecule has 3 rings (SSSR count). The van der Waals surface area contributed by atoms with E-state index in [1.54, 1.807) is 0 Å². The van der Waals surface area contributed by atoms with Crippen molar-refractivity contribution >= 4 is 223 Å². The van der Waals surface area contributed by atoms with Gasteiger partial charge in [-0.15, -0.1) is 0 Å². The maximum Gasteiger partial charge on any atom is 0.158 e. The van der Waals surface area contributed by atoms with Gasteiger partial charge in [-0.2, -0.15) is 0 Å². The van der Waals surface area contributed by atoms with Gasteiger partial charge in [0, 0.05) is 8.95 Å². The molecule has 0 N–H and O–H groups in total. The summed E-state index contributed by atoms with van der Waals surface area (Å²) < 4.78 is 23.0. The van der Waals surface area contributed by atoms with E-state index in [1.807, 2.05) is 0 Å². The molecule has 16 heteroatoms. The van der Waals surface area contributed by atoms with Crippen LogP contribution in [0.3, 0.4) is 0 Å². The van der Waals surface area contributed by atoms with Crippen molar-refractivity contribution in [3.8, 4) is 23.0 Å². The monoisotopic (exact) mass is 1350 g/mol. The van der Waals surface area contributed by atoms with Crippen LogP contribution in [-0.2, 0) is 0 Å². The maximum absolute atomic E-state index is 6.36. The molecule has 0 aliphatic carbocycles. The Balaban J connectivity index is 2.18. The molecule has 0 saturated carbocycles. The zero-order valence-electron chi connectivity index (χ0n) is 15.1. The molecule has 0 heterocycles. The molecule has 0 aliphatic rings. The number of halogens is 14. The van der Waals surface area contributed by atoms with Crippen LogP contribution in [-0.4, -0.2) is 0 Å². The lowest BCUT2D eigenvalue weighted by atomic mass is 10.3. The second kappa shape index (κ2) is 13.3. The summed E-state index contributed by atoms with van der Waals surface area (Å²) in [5, 5.41) is 0. The molecule has 0 atom stereocenters. The summed E-state index contributed by atoms with van der Waals surface area (Å²) in [6.07, 6.45) is 0. The second-order valence-electron chi connectivity index (χ2n) is 5.92. The summed E-state index contributed by atoms with van der Waals surface area (Å²) in [7, 11) is 0. The van der Waals surface area contributed by atoms with Crippen molar-refractivity contribution in [2.45, 2.75) is 0 Å². The van der Waals surface area contributed by atoms with Crippen molar-refractivity contribution in [2.24, 2.45) is 0 Å². The highest BCUT2D eigenvalue weighted by molar-refractivity contribution is 9.16. The number of benzene rings is 3. The van der Waals surface area contributed by atoms with Crippen LogP contribution in [0.2, 0.25) is 0 Å². The minimum Gasteiger partial charge on any atom is -0.452 e. The van der Waals surface area contributed by atoms with Crippen molar-refractivity contribution in [2.75, 3.05) is 0 Å². The number of ether oxygens (including phenoxy) is 2. The molecule has 3 aromatic rings. The Hall–Kier alpha value is 3.98. The highest BCUT2D eigenvalue weighted by atomic mass is 79.9. The molecule has 0 aliphatic heterocycles. The van der Waals surface area contributed by atoms with Crippen molar-refractivity contribution in [3.63, 3.8) is 0 Å². The molecule has 0 radical (unpaired) electrons. The molecule has 0 spiro atoms. The van der Waals surface area contributed by atoms with Gasteiger partial charge in [-0.05, 0) is 223 Å². The normalized spacial score (nSPS) is 11.2. The smallest absolute Gasteiger partial charge is 0.158 e. The Morgan fingerprint density at radius 1 is 0.206 bits per heavy atom. The lowest BCUT2D eigenvalue weighted by molar-refractivity contribution is 0.452. The number of hydrogen-bond acceptors (Lipinski definition) is 2. The molecule has 0 unspecified atom stereocenters. The molecule has 182 valence electrons. The summed E-state index contributed by atoms with van der Waals surface area (Å²) in [6, 6.07) is 0. The van der Waals surface area contributed by atoms with Gasteiger partial charge in [0.25, 0.3) is 0 Å². The highest BCUT2D eigenvalue weighted by Crippen LogP contribution is 2.57. The fourth-order valence-corrected chi connectivity index (χ4v) is 11.0.